The number of hydrogen-bond donors (Lipinski definition) is 2. The standard InChI is InChI=1S/C38H46N2O4Si/c1-4-42-45(43-5-2,44-6-3)30-16-28-39-38(41)40-29-27-31-23-25-35(26-24-31)37(34-21-14-9-15-22-34)36(32-17-10-7-11-18-32)33-19-12-8-13-20-33/h7-15,17-26H,4-6,16,27-30H2,1-3H3,(H2,39,40,41). The number of rotatable bonds is 17. The first-order valence-corrected chi connectivity index (χ1v) is 18.0. The van der Waals surface area contributed by atoms with Crippen molar-refractivity contribution in [1.29, 1.82) is 0 Å². The number of hydrogen-bond acceptors (Lipinski definition) is 4. The molecule has 45 heavy (non-hydrogen) atoms. The average Bonchev–Trinajstić information content (AvgIpc) is 3.07. The number of amides is 2. The topological polar surface area (TPSA) is 68.8 Å². The van der Waals surface area contributed by atoms with Gasteiger partial charge in [0.2, 0.25) is 0 Å². The Labute approximate surface area is 269 Å². The lowest BCUT2D eigenvalue weighted by atomic mass is 9.85. The van der Waals surface area contributed by atoms with E-state index in [2.05, 4.69) is 126 Å². The first-order chi connectivity index (χ1) is 22.1. The zero-order valence-corrected chi connectivity index (χ0v) is 27.8. The van der Waals surface area contributed by atoms with Crippen molar-refractivity contribution in [2.45, 2.75) is 39.7 Å². The van der Waals surface area contributed by atoms with Gasteiger partial charge in [0, 0.05) is 39.0 Å². The molecule has 4 rings (SSSR count). The molecular weight excluding hydrogens is 577 g/mol. The molecule has 7 heteroatoms. The summed E-state index contributed by atoms with van der Waals surface area (Å²) in [5.74, 6) is 0. The number of benzene rings is 4. The van der Waals surface area contributed by atoms with E-state index >= 15 is 0 Å². The lowest BCUT2D eigenvalue weighted by Gasteiger charge is -2.28. The number of urea groups is 1. The maximum Gasteiger partial charge on any atom is 0.500 e. The summed E-state index contributed by atoms with van der Waals surface area (Å²) in [5, 5.41) is 5.94. The molecule has 2 amide bonds. The smallest absolute Gasteiger partial charge is 0.374 e. The quantitative estimate of drug-likeness (QED) is 0.0712. The number of carbonyl (C=O) groups is 1. The van der Waals surface area contributed by atoms with Gasteiger partial charge in [-0.05, 0) is 72.6 Å². The Morgan fingerprint density at radius 3 is 1.38 bits per heavy atom. The van der Waals surface area contributed by atoms with Gasteiger partial charge in [-0.25, -0.2) is 4.79 Å². The van der Waals surface area contributed by atoms with Crippen molar-refractivity contribution >= 4 is 26.0 Å². The molecule has 4 aromatic rings. The van der Waals surface area contributed by atoms with E-state index in [9.17, 15) is 4.79 Å². The molecule has 0 atom stereocenters. The third-order valence-corrected chi connectivity index (χ3v) is 10.6. The summed E-state index contributed by atoms with van der Waals surface area (Å²) in [4.78, 5) is 12.5. The molecule has 2 N–H and O–H groups in total. The highest BCUT2D eigenvalue weighted by Crippen LogP contribution is 2.36. The molecule has 0 bridgehead atoms. The Balaban J connectivity index is 1.41. The molecule has 0 aromatic heterocycles. The molecule has 0 spiro atoms. The molecule has 0 radical (unpaired) electrons. The highest BCUT2D eigenvalue weighted by Gasteiger charge is 2.39. The van der Waals surface area contributed by atoms with Gasteiger partial charge in [0.25, 0.3) is 0 Å². The third-order valence-electron chi connectivity index (χ3n) is 7.42. The minimum Gasteiger partial charge on any atom is -0.374 e. The molecular formula is C38H46N2O4Si. The van der Waals surface area contributed by atoms with E-state index in [1.54, 1.807) is 0 Å². The average molecular weight is 623 g/mol. The van der Waals surface area contributed by atoms with Crippen LogP contribution < -0.4 is 10.6 Å². The lowest BCUT2D eigenvalue weighted by Crippen LogP contribution is -2.46. The van der Waals surface area contributed by atoms with Crippen LogP contribution >= 0.6 is 0 Å². The summed E-state index contributed by atoms with van der Waals surface area (Å²) in [6.07, 6.45) is 1.46. The zero-order valence-electron chi connectivity index (χ0n) is 26.8. The first kappa shape index (κ1) is 33.9. The van der Waals surface area contributed by atoms with Gasteiger partial charge < -0.3 is 23.9 Å². The van der Waals surface area contributed by atoms with Crippen LogP contribution in [0.25, 0.3) is 11.1 Å². The van der Waals surface area contributed by atoms with Crippen molar-refractivity contribution in [1.82, 2.24) is 10.6 Å². The van der Waals surface area contributed by atoms with E-state index in [-0.39, 0.29) is 6.03 Å². The summed E-state index contributed by atoms with van der Waals surface area (Å²) in [6.45, 7) is 8.56. The van der Waals surface area contributed by atoms with Crippen LogP contribution in [0.5, 0.6) is 0 Å². The fourth-order valence-corrected chi connectivity index (χ4v) is 8.07. The van der Waals surface area contributed by atoms with Gasteiger partial charge in [0.15, 0.2) is 0 Å². The van der Waals surface area contributed by atoms with E-state index in [0.29, 0.717) is 39.0 Å². The molecule has 6 nitrogen and oxygen atoms in total. The molecule has 0 saturated heterocycles. The van der Waals surface area contributed by atoms with Crippen LogP contribution in [0.1, 0.15) is 55.0 Å². The minimum absolute atomic E-state index is 0.173. The van der Waals surface area contributed by atoms with Crippen LogP contribution in [0, 0.1) is 0 Å². The van der Waals surface area contributed by atoms with Crippen LogP contribution in [-0.4, -0.2) is 47.7 Å². The SMILES string of the molecule is CCO[Si](CCCNC(=O)NCCc1ccc(C(=C(c2ccccc2)c2ccccc2)c2ccccc2)cc1)(OCC)OCC. The zero-order chi connectivity index (χ0) is 31.7. The minimum atomic E-state index is -2.69. The fourth-order valence-electron chi connectivity index (χ4n) is 5.45. The molecule has 0 heterocycles. The van der Waals surface area contributed by atoms with Crippen LogP contribution in [0.2, 0.25) is 6.04 Å². The molecule has 0 saturated carbocycles. The second-order valence-corrected chi connectivity index (χ2v) is 13.3. The maximum absolute atomic E-state index is 12.5. The monoisotopic (exact) mass is 622 g/mol. The van der Waals surface area contributed by atoms with Crippen LogP contribution in [-0.2, 0) is 19.7 Å². The Morgan fingerprint density at radius 1 is 0.556 bits per heavy atom. The van der Waals surface area contributed by atoms with Crippen molar-refractivity contribution in [3.63, 3.8) is 0 Å². The van der Waals surface area contributed by atoms with Gasteiger partial charge in [-0.2, -0.15) is 0 Å². The predicted octanol–water partition coefficient (Wildman–Crippen LogP) is 7.97. The normalized spacial score (nSPS) is 11.2. The highest BCUT2D eigenvalue weighted by atomic mass is 28.4. The second kappa shape index (κ2) is 18.1. The predicted molar refractivity (Wildman–Crippen MR) is 186 cm³/mol. The molecule has 0 aliphatic heterocycles. The fraction of sp³-hybridized carbons (Fsp3) is 0.289. The van der Waals surface area contributed by atoms with E-state index in [1.165, 1.54) is 22.3 Å². The van der Waals surface area contributed by atoms with E-state index < -0.39 is 8.80 Å². The molecule has 0 aliphatic carbocycles. The van der Waals surface area contributed by atoms with E-state index in [4.69, 9.17) is 13.3 Å². The molecule has 0 unspecified atom stereocenters. The van der Waals surface area contributed by atoms with Gasteiger partial charge in [0.05, 0.1) is 0 Å². The van der Waals surface area contributed by atoms with E-state index in [1.807, 2.05) is 20.8 Å². The molecule has 0 fully saturated rings. The number of carbonyl (C=O) groups excluding carboxylic acids is 1. The van der Waals surface area contributed by atoms with Crippen molar-refractivity contribution < 1.29 is 18.1 Å². The van der Waals surface area contributed by atoms with Gasteiger partial charge in [-0.15, -0.1) is 0 Å². The Kier molecular flexibility index (Phi) is 13.6. The van der Waals surface area contributed by atoms with Crippen molar-refractivity contribution in [3.05, 3.63) is 143 Å². The Bertz CT molecular complexity index is 1400. The Morgan fingerprint density at radius 2 is 0.956 bits per heavy atom. The van der Waals surface area contributed by atoms with Gasteiger partial charge in [-0.3, -0.25) is 0 Å². The van der Waals surface area contributed by atoms with Crippen molar-refractivity contribution in [3.8, 4) is 0 Å². The summed E-state index contributed by atoms with van der Waals surface area (Å²) in [6, 6.07) is 40.9. The maximum atomic E-state index is 12.5. The van der Waals surface area contributed by atoms with Crippen LogP contribution in [0.15, 0.2) is 115 Å². The van der Waals surface area contributed by atoms with Crippen molar-refractivity contribution in [2.75, 3.05) is 32.9 Å². The third kappa shape index (κ3) is 9.99. The van der Waals surface area contributed by atoms with Crippen LogP contribution in [0.3, 0.4) is 0 Å². The second-order valence-electron chi connectivity index (χ2n) is 10.6. The van der Waals surface area contributed by atoms with E-state index in [0.717, 1.165) is 29.5 Å². The number of nitrogens with one attached hydrogen (secondary N) is 2. The van der Waals surface area contributed by atoms with Gasteiger partial charge in [-0.1, -0.05) is 115 Å². The summed E-state index contributed by atoms with van der Waals surface area (Å²) in [5.41, 5.74) is 8.18. The summed E-state index contributed by atoms with van der Waals surface area (Å²) >= 11 is 0. The Hall–Kier alpha value is -4.01. The highest BCUT2D eigenvalue weighted by molar-refractivity contribution is 6.60. The van der Waals surface area contributed by atoms with Crippen LogP contribution in [0.4, 0.5) is 4.79 Å². The molecule has 4 aromatic carbocycles. The summed E-state index contributed by atoms with van der Waals surface area (Å²) < 4.78 is 17.7. The molecule has 236 valence electrons. The summed E-state index contributed by atoms with van der Waals surface area (Å²) in [7, 11) is -2.69. The lowest BCUT2D eigenvalue weighted by molar-refractivity contribution is 0.0708. The van der Waals surface area contributed by atoms with Crippen molar-refractivity contribution in [2.24, 2.45) is 0 Å². The van der Waals surface area contributed by atoms with Gasteiger partial charge in [0.1, 0.15) is 0 Å². The molecule has 0 aliphatic rings. The largest absolute Gasteiger partial charge is 0.500 e. The first-order valence-electron chi connectivity index (χ1n) is 16.0. The van der Waals surface area contributed by atoms with Gasteiger partial charge >= 0.3 is 14.8 Å².